The number of benzene rings is 1. The lowest BCUT2D eigenvalue weighted by molar-refractivity contribution is 1.47. The van der Waals surface area contributed by atoms with Crippen LogP contribution in [0.15, 0.2) is 24.3 Å². The minimum Gasteiger partial charge on any atom is -0.193 e. The first kappa shape index (κ1) is 9.32. The van der Waals surface area contributed by atoms with Gasteiger partial charge in [-0.25, -0.2) is 0 Å². The topological polar surface area (TPSA) is 47.6 Å². The minimum absolute atomic E-state index is 0.399. The van der Waals surface area contributed by atoms with Crippen LogP contribution in [0.25, 0.3) is 6.08 Å². The van der Waals surface area contributed by atoms with Crippen LogP contribution in [0.2, 0.25) is 5.02 Å². The Kier molecular flexibility index (Phi) is 3.09. The van der Waals surface area contributed by atoms with Crippen LogP contribution in [-0.4, -0.2) is 0 Å². The summed E-state index contributed by atoms with van der Waals surface area (Å²) in [5, 5.41) is 17.5. The first-order valence-corrected chi connectivity index (χ1v) is 3.92. The molecule has 3 heteroatoms. The molecule has 0 atom stereocenters. The predicted octanol–water partition coefficient (Wildman–Crippen LogP) is 2.75. The second kappa shape index (κ2) is 4.30. The molecule has 0 saturated heterocycles. The molecule has 1 rings (SSSR count). The van der Waals surface area contributed by atoms with Gasteiger partial charge in [-0.2, -0.15) is 10.5 Å². The van der Waals surface area contributed by atoms with E-state index < -0.39 is 0 Å². The van der Waals surface area contributed by atoms with Gasteiger partial charge in [0.2, 0.25) is 0 Å². The molecule has 2 nitrogen and oxygen atoms in total. The van der Waals surface area contributed by atoms with Crippen molar-refractivity contribution in [2.24, 2.45) is 0 Å². The Morgan fingerprint density at radius 1 is 1.31 bits per heavy atom. The summed E-state index contributed by atoms with van der Waals surface area (Å²) in [6.07, 6.45) is 2.87. The largest absolute Gasteiger partial charge is 0.193 e. The monoisotopic (exact) mass is 188 g/mol. The summed E-state index contributed by atoms with van der Waals surface area (Å²) in [7, 11) is 0. The molecule has 0 saturated carbocycles. The fraction of sp³-hybridized carbons (Fsp3) is 0. The van der Waals surface area contributed by atoms with Crippen molar-refractivity contribution < 1.29 is 0 Å². The lowest BCUT2D eigenvalue weighted by atomic mass is 10.1. The van der Waals surface area contributed by atoms with Gasteiger partial charge in [0.05, 0.1) is 16.7 Å². The molecule has 1 aromatic carbocycles. The fourth-order valence-electron chi connectivity index (χ4n) is 0.925. The Morgan fingerprint density at radius 2 is 2.08 bits per heavy atom. The van der Waals surface area contributed by atoms with E-state index in [2.05, 4.69) is 0 Å². The first-order chi connectivity index (χ1) is 6.29. The van der Waals surface area contributed by atoms with Crippen LogP contribution in [0.5, 0.6) is 0 Å². The quantitative estimate of drug-likeness (QED) is 0.637. The number of nitrogens with zero attached hydrogens (tertiary/aromatic N) is 2. The molecule has 0 fully saturated rings. The van der Waals surface area contributed by atoms with E-state index in [1.807, 2.05) is 12.1 Å². The van der Waals surface area contributed by atoms with Gasteiger partial charge in [0.25, 0.3) is 0 Å². The van der Waals surface area contributed by atoms with Crippen LogP contribution >= 0.6 is 11.6 Å². The van der Waals surface area contributed by atoms with Crippen molar-refractivity contribution in [3.05, 3.63) is 40.4 Å². The van der Waals surface area contributed by atoms with Gasteiger partial charge in [-0.05, 0) is 17.7 Å². The van der Waals surface area contributed by atoms with Crippen molar-refractivity contribution in [3.63, 3.8) is 0 Å². The Bertz CT molecular complexity index is 422. The summed E-state index contributed by atoms with van der Waals surface area (Å²) in [4.78, 5) is 0. The van der Waals surface area contributed by atoms with Crippen molar-refractivity contribution >= 4 is 17.7 Å². The fourth-order valence-corrected chi connectivity index (χ4v) is 1.15. The molecule has 0 aliphatic rings. The van der Waals surface area contributed by atoms with Crippen LogP contribution < -0.4 is 0 Å². The van der Waals surface area contributed by atoms with Gasteiger partial charge in [-0.1, -0.05) is 23.7 Å². The molecule has 62 valence electrons. The number of rotatable bonds is 1. The first-order valence-electron chi connectivity index (χ1n) is 3.54. The van der Waals surface area contributed by atoms with E-state index >= 15 is 0 Å². The Labute approximate surface area is 81.3 Å². The molecule has 0 bridgehead atoms. The molecule has 0 N–H and O–H groups in total. The van der Waals surface area contributed by atoms with E-state index in [9.17, 15) is 0 Å². The standard InChI is InChI=1S/C10H5ClN2/c11-10-5-1-3-8(4-2-6-12)9(10)7-13/h1-5H. The van der Waals surface area contributed by atoms with E-state index in [-0.39, 0.29) is 0 Å². The molecule has 0 unspecified atom stereocenters. The lowest BCUT2D eigenvalue weighted by Crippen LogP contribution is -1.82. The van der Waals surface area contributed by atoms with Crippen molar-refractivity contribution in [1.29, 1.82) is 10.5 Å². The van der Waals surface area contributed by atoms with E-state index in [0.717, 1.165) is 0 Å². The number of hydrogen-bond acceptors (Lipinski definition) is 2. The predicted molar refractivity (Wildman–Crippen MR) is 50.8 cm³/mol. The summed E-state index contributed by atoms with van der Waals surface area (Å²) in [6, 6.07) is 8.95. The molecule has 0 radical (unpaired) electrons. The highest BCUT2D eigenvalue weighted by Gasteiger charge is 2.02. The van der Waals surface area contributed by atoms with Gasteiger partial charge < -0.3 is 0 Å². The molecule has 13 heavy (non-hydrogen) atoms. The van der Waals surface area contributed by atoms with Crippen molar-refractivity contribution in [3.8, 4) is 12.1 Å². The van der Waals surface area contributed by atoms with E-state index in [0.29, 0.717) is 16.1 Å². The molecule has 0 aromatic heterocycles. The number of allylic oxidation sites excluding steroid dienone is 1. The highest BCUT2D eigenvalue weighted by atomic mass is 35.5. The zero-order chi connectivity index (χ0) is 9.68. The summed E-state index contributed by atoms with van der Waals surface area (Å²) in [6.45, 7) is 0. The molecule has 0 heterocycles. The molecule has 0 aliphatic carbocycles. The summed E-state index contributed by atoms with van der Waals surface area (Å²) < 4.78 is 0. The van der Waals surface area contributed by atoms with Crippen LogP contribution in [0.3, 0.4) is 0 Å². The Morgan fingerprint density at radius 3 is 2.69 bits per heavy atom. The van der Waals surface area contributed by atoms with Crippen LogP contribution in [0.4, 0.5) is 0 Å². The Balaban J connectivity index is 3.24. The van der Waals surface area contributed by atoms with Crippen molar-refractivity contribution in [2.75, 3.05) is 0 Å². The molecule has 0 aliphatic heterocycles. The number of nitriles is 2. The maximum Gasteiger partial charge on any atom is 0.101 e. The third-order valence-electron chi connectivity index (χ3n) is 1.50. The number of halogens is 1. The average Bonchev–Trinajstić information content (AvgIpc) is 2.15. The van der Waals surface area contributed by atoms with Gasteiger partial charge in [-0.15, -0.1) is 0 Å². The maximum atomic E-state index is 8.75. The molecular formula is C10H5ClN2. The highest BCUT2D eigenvalue weighted by Crippen LogP contribution is 2.19. The molecule has 0 amide bonds. The summed E-state index contributed by atoms with van der Waals surface area (Å²) in [5.74, 6) is 0. The van der Waals surface area contributed by atoms with Gasteiger partial charge >= 0.3 is 0 Å². The van der Waals surface area contributed by atoms with Crippen LogP contribution in [-0.2, 0) is 0 Å². The van der Waals surface area contributed by atoms with E-state index in [1.54, 1.807) is 24.3 Å². The van der Waals surface area contributed by atoms with E-state index in [1.165, 1.54) is 6.08 Å². The van der Waals surface area contributed by atoms with E-state index in [4.69, 9.17) is 22.1 Å². The summed E-state index contributed by atoms with van der Waals surface area (Å²) in [5.41, 5.74) is 1.06. The van der Waals surface area contributed by atoms with Gasteiger partial charge in [0, 0.05) is 6.08 Å². The van der Waals surface area contributed by atoms with Gasteiger partial charge in [0.1, 0.15) is 6.07 Å². The number of hydrogen-bond donors (Lipinski definition) is 0. The average molecular weight is 189 g/mol. The van der Waals surface area contributed by atoms with Crippen molar-refractivity contribution in [2.45, 2.75) is 0 Å². The SMILES string of the molecule is N#CC=Cc1cccc(Cl)c1C#N. The Hall–Kier alpha value is -1.77. The van der Waals surface area contributed by atoms with Crippen molar-refractivity contribution in [1.82, 2.24) is 0 Å². The maximum absolute atomic E-state index is 8.75. The second-order valence-electron chi connectivity index (χ2n) is 2.28. The van der Waals surface area contributed by atoms with Gasteiger partial charge in [0.15, 0.2) is 0 Å². The minimum atomic E-state index is 0.399. The lowest BCUT2D eigenvalue weighted by Gasteiger charge is -1.97. The van der Waals surface area contributed by atoms with Crippen LogP contribution in [0, 0.1) is 22.7 Å². The zero-order valence-corrected chi connectivity index (χ0v) is 7.42. The normalized spacial score (nSPS) is 9.46. The van der Waals surface area contributed by atoms with Crippen LogP contribution in [0.1, 0.15) is 11.1 Å². The zero-order valence-electron chi connectivity index (χ0n) is 6.66. The smallest absolute Gasteiger partial charge is 0.101 e. The molecule has 0 spiro atoms. The third-order valence-corrected chi connectivity index (χ3v) is 1.81. The highest BCUT2D eigenvalue weighted by molar-refractivity contribution is 6.31. The third kappa shape index (κ3) is 2.08. The van der Waals surface area contributed by atoms with Gasteiger partial charge in [-0.3, -0.25) is 0 Å². The second-order valence-corrected chi connectivity index (χ2v) is 2.69. The molecular weight excluding hydrogens is 184 g/mol. The summed E-state index contributed by atoms with van der Waals surface area (Å²) >= 11 is 5.77. The molecule has 1 aromatic rings.